The van der Waals surface area contributed by atoms with Crippen LogP contribution in [0.15, 0.2) is 0 Å². The number of aromatic nitrogens is 2. The first kappa shape index (κ1) is 16.4. The second-order valence-electron chi connectivity index (χ2n) is 4.29. The molecule has 0 aliphatic rings. The number of hydrogen-bond acceptors (Lipinski definition) is 6. The van der Waals surface area contributed by atoms with E-state index in [1.54, 1.807) is 6.92 Å². The van der Waals surface area contributed by atoms with Gasteiger partial charge < -0.3 is 15.8 Å². The normalized spacial score (nSPS) is 13.2. The fraction of sp³-hybridized carbons (Fsp3) is 0.636. The topological polar surface area (TPSA) is 96.1 Å². The Labute approximate surface area is 114 Å². The highest BCUT2D eigenvalue weighted by Crippen LogP contribution is 2.23. The lowest BCUT2D eigenvalue weighted by Gasteiger charge is -2.17. The lowest BCUT2D eigenvalue weighted by atomic mass is 10.2. The second-order valence-corrected chi connectivity index (χ2v) is 4.29. The Bertz CT molecular complexity index is 452. The first-order valence-electron chi connectivity index (χ1n) is 6.12. The number of nitrogens with two attached hydrogens (primary N) is 1. The molecule has 0 aliphatic carbocycles. The molecule has 0 aromatic carbocycles. The van der Waals surface area contributed by atoms with Crippen LogP contribution in [0.25, 0.3) is 0 Å². The molecule has 0 spiro atoms. The second kappa shape index (κ2) is 6.71. The van der Waals surface area contributed by atoms with E-state index in [0.29, 0.717) is 23.6 Å². The number of aryl methyl sites for hydroxylation is 1. The van der Waals surface area contributed by atoms with Crippen LogP contribution in [0.3, 0.4) is 0 Å². The summed E-state index contributed by atoms with van der Waals surface area (Å²) in [7, 11) is 0. The van der Waals surface area contributed by atoms with Gasteiger partial charge in [-0.05, 0) is 13.3 Å². The Morgan fingerprint density at radius 2 is 1.90 bits per heavy atom. The number of nitrogens with zero attached hydrogens (tertiary/aromatic N) is 2. The molecular formula is C11H18F3N5O. The van der Waals surface area contributed by atoms with Crippen molar-refractivity contribution in [3.05, 3.63) is 11.4 Å². The first-order chi connectivity index (χ1) is 9.29. The van der Waals surface area contributed by atoms with Crippen molar-refractivity contribution < 1.29 is 18.3 Å². The van der Waals surface area contributed by atoms with Gasteiger partial charge in [-0.25, -0.2) is 15.8 Å². The molecule has 1 unspecified atom stereocenters. The number of halogens is 3. The van der Waals surface area contributed by atoms with Crippen molar-refractivity contribution >= 4 is 11.6 Å². The van der Waals surface area contributed by atoms with E-state index in [0.717, 1.165) is 6.42 Å². The zero-order valence-electron chi connectivity index (χ0n) is 11.3. The molecule has 0 amide bonds. The summed E-state index contributed by atoms with van der Waals surface area (Å²) in [5, 5.41) is 11.4. The minimum atomic E-state index is -4.67. The summed E-state index contributed by atoms with van der Waals surface area (Å²) in [5.41, 5.74) is 2.86. The molecule has 114 valence electrons. The third-order valence-electron chi connectivity index (χ3n) is 2.64. The van der Waals surface area contributed by atoms with Gasteiger partial charge in [0.05, 0.1) is 6.54 Å². The maximum absolute atomic E-state index is 12.2. The fourth-order valence-corrected chi connectivity index (χ4v) is 1.52. The average Bonchev–Trinajstić information content (AvgIpc) is 2.37. The van der Waals surface area contributed by atoms with E-state index in [4.69, 9.17) is 10.9 Å². The van der Waals surface area contributed by atoms with Crippen LogP contribution >= 0.6 is 0 Å². The maximum Gasteiger partial charge on any atom is 0.416 e. The summed E-state index contributed by atoms with van der Waals surface area (Å²) in [6.45, 7) is 2.86. The van der Waals surface area contributed by atoms with Gasteiger partial charge in [0.25, 0.3) is 0 Å². The third kappa shape index (κ3) is 4.20. The van der Waals surface area contributed by atoms with Crippen molar-refractivity contribution in [1.29, 1.82) is 0 Å². The molecule has 6 nitrogen and oxygen atoms in total. The van der Waals surface area contributed by atoms with Crippen molar-refractivity contribution in [1.82, 2.24) is 9.97 Å². The number of alkyl halides is 3. The lowest BCUT2D eigenvalue weighted by Crippen LogP contribution is -2.35. The highest BCUT2D eigenvalue weighted by Gasteiger charge is 2.38. The molecule has 0 aliphatic heterocycles. The summed E-state index contributed by atoms with van der Waals surface area (Å²) in [6, 6.07) is 0. The maximum atomic E-state index is 12.2. The van der Waals surface area contributed by atoms with E-state index in [1.807, 2.05) is 6.92 Å². The van der Waals surface area contributed by atoms with E-state index in [1.165, 1.54) is 0 Å². The van der Waals surface area contributed by atoms with Crippen LogP contribution in [-0.4, -0.2) is 33.9 Å². The number of nitrogens with one attached hydrogen (secondary N) is 2. The van der Waals surface area contributed by atoms with E-state index < -0.39 is 18.8 Å². The standard InChI is InChI=1S/C11H18F3N5O/c1-3-4-8-17-9(6(2)10(18-8)19-15)16-5-7(20)11(12,13)14/h7,20H,3-5,15H2,1-2H3,(H2,16,17,18,19). The number of hydrazine groups is 1. The van der Waals surface area contributed by atoms with Gasteiger partial charge >= 0.3 is 6.18 Å². The molecular weight excluding hydrogens is 275 g/mol. The molecule has 9 heteroatoms. The molecule has 5 N–H and O–H groups in total. The summed E-state index contributed by atoms with van der Waals surface area (Å²) in [4.78, 5) is 8.27. The quantitative estimate of drug-likeness (QED) is 0.467. The van der Waals surface area contributed by atoms with Crippen molar-refractivity contribution in [2.45, 2.75) is 39.0 Å². The number of nitrogen functional groups attached to an aromatic ring is 1. The Morgan fingerprint density at radius 1 is 1.30 bits per heavy atom. The Morgan fingerprint density at radius 3 is 2.40 bits per heavy atom. The molecule has 1 atom stereocenters. The summed E-state index contributed by atoms with van der Waals surface area (Å²) >= 11 is 0. The Kier molecular flexibility index (Phi) is 5.52. The monoisotopic (exact) mass is 293 g/mol. The predicted molar refractivity (Wildman–Crippen MR) is 69.1 cm³/mol. The van der Waals surface area contributed by atoms with Crippen LogP contribution < -0.4 is 16.6 Å². The van der Waals surface area contributed by atoms with Crippen LogP contribution in [0.2, 0.25) is 0 Å². The smallest absolute Gasteiger partial charge is 0.382 e. The minimum absolute atomic E-state index is 0.222. The van der Waals surface area contributed by atoms with Crippen LogP contribution in [0.1, 0.15) is 24.7 Å². The van der Waals surface area contributed by atoms with Gasteiger partial charge in [-0.3, -0.25) is 0 Å². The highest BCUT2D eigenvalue weighted by atomic mass is 19.4. The molecule has 0 fully saturated rings. The Balaban J connectivity index is 2.90. The molecule has 20 heavy (non-hydrogen) atoms. The largest absolute Gasteiger partial charge is 0.416 e. The molecule has 1 rings (SSSR count). The zero-order chi connectivity index (χ0) is 15.3. The van der Waals surface area contributed by atoms with E-state index in [9.17, 15) is 13.2 Å². The van der Waals surface area contributed by atoms with Gasteiger partial charge in [0.15, 0.2) is 6.10 Å². The van der Waals surface area contributed by atoms with Crippen LogP contribution in [0, 0.1) is 6.92 Å². The number of hydrogen-bond donors (Lipinski definition) is 4. The van der Waals surface area contributed by atoms with Crippen molar-refractivity contribution in [2.75, 3.05) is 17.3 Å². The van der Waals surface area contributed by atoms with Gasteiger partial charge in [0.1, 0.15) is 17.5 Å². The molecule has 1 aromatic heterocycles. The highest BCUT2D eigenvalue weighted by molar-refractivity contribution is 5.56. The number of rotatable bonds is 6. The van der Waals surface area contributed by atoms with Gasteiger partial charge in [0.2, 0.25) is 0 Å². The summed E-state index contributed by atoms with van der Waals surface area (Å²) in [6.07, 6.45) is -5.76. The number of anilines is 2. The third-order valence-corrected chi connectivity index (χ3v) is 2.64. The van der Waals surface area contributed by atoms with E-state index >= 15 is 0 Å². The zero-order valence-corrected chi connectivity index (χ0v) is 11.3. The van der Waals surface area contributed by atoms with E-state index in [-0.39, 0.29) is 5.82 Å². The number of aliphatic hydroxyl groups excluding tert-OH is 1. The van der Waals surface area contributed by atoms with Crippen molar-refractivity contribution in [3.8, 4) is 0 Å². The molecule has 0 bridgehead atoms. The van der Waals surface area contributed by atoms with Gasteiger partial charge in [-0.2, -0.15) is 13.2 Å². The average molecular weight is 293 g/mol. The molecule has 1 aromatic rings. The molecule has 1 heterocycles. The van der Waals surface area contributed by atoms with Gasteiger partial charge in [-0.1, -0.05) is 6.92 Å². The molecule has 0 saturated heterocycles. The van der Waals surface area contributed by atoms with Crippen molar-refractivity contribution in [3.63, 3.8) is 0 Å². The fourth-order valence-electron chi connectivity index (χ4n) is 1.52. The van der Waals surface area contributed by atoms with E-state index in [2.05, 4.69) is 20.7 Å². The van der Waals surface area contributed by atoms with Crippen molar-refractivity contribution in [2.24, 2.45) is 5.84 Å². The van der Waals surface area contributed by atoms with Crippen LogP contribution in [0.5, 0.6) is 0 Å². The Hall–Kier alpha value is -1.61. The van der Waals surface area contributed by atoms with Gasteiger partial charge in [-0.15, -0.1) is 0 Å². The first-order valence-corrected chi connectivity index (χ1v) is 6.12. The SMILES string of the molecule is CCCc1nc(NN)c(C)c(NCC(O)C(F)(F)F)n1. The van der Waals surface area contributed by atoms with Crippen LogP contribution in [0.4, 0.5) is 24.8 Å². The molecule has 0 saturated carbocycles. The van der Waals surface area contributed by atoms with Crippen LogP contribution in [-0.2, 0) is 6.42 Å². The lowest BCUT2D eigenvalue weighted by molar-refractivity contribution is -0.198. The summed E-state index contributed by atoms with van der Waals surface area (Å²) in [5.74, 6) is 6.34. The summed E-state index contributed by atoms with van der Waals surface area (Å²) < 4.78 is 36.7. The predicted octanol–water partition coefficient (Wildman–Crippen LogP) is 1.36. The molecule has 0 radical (unpaired) electrons. The van der Waals surface area contributed by atoms with Gasteiger partial charge in [0, 0.05) is 12.0 Å². The number of aliphatic hydroxyl groups is 1. The minimum Gasteiger partial charge on any atom is -0.382 e.